The number of amides is 1. The summed E-state index contributed by atoms with van der Waals surface area (Å²) in [4.78, 5) is 12.3. The van der Waals surface area contributed by atoms with Gasteiger partial charge in [0.25, 0.3) is 5.91 Å². The minimum absolute atomic E-state index is 0.0731. The first-order chi connectivity index (χ1) is 9.03. The summed E-state index contributed by atoms with van der Waals surface area (Å²) < 4.78 is 0. The molecule has 0 radical (unpaired) electrons. The van der Waals surface area contributed by atoms with Crippen molar-refractivity contribution in [3.05, 3.63) is 29.3 Å². The quantitative estimate of drug-likeness (QED) is 0.546. The molecule has 1 unspecified atom stereocenters. The van der Waals surface area contributed by atoms with Crippen LogP contribution < -0.4 is 16.6 Å². The largest absolute Gasteiger partial charge is 0.349 e. The molecule has 0 aliphatic carbocycles. The summed E-state index contributed by atoms with van der Waals surface area (Å²) in [5, 5.41) is 3.07. The fourth-order valence-corrected chi connectivity index (χ4v) is 2.37. The highest BCUT2D eigenvalue weighted by Gasteiger charge is 2.18. The van der Waals surface area contributed by atoms with E-state index in [0.29, 0.717) is 17.2 Å². The first-order valence-electron chi connectivity index (χ1n) is 6.91. The number of nitrogens with one attached hydrogen (secondary N) is 2. The second-order valence-corrected chi connectivity index (χ2v) is 5.03. The number of anilines is 1. The van der Waals surface area contributed by atoms with E-state index in [1.54, 1.807) is 0 Å². The second kappa shape index (κ2) is 7.14. The van der Waals surface area contributed by atoms with Crippen molar-refractivity contribution in [1.29, 1.82) is 0 Å². The van der Waals surface area contributed by atoms with Crippen LogP contribution in [0, 0.1) is 12.8 Å². The van der Waals surface area contributed by atoms with Gasteiger partial charge < -0.3 is 10.7 Å². The number of hydrogen-bond acceptors (Lipinski definition) is 3. The van der Waals surface area contributed by atoms with E-state index in [1.165, 1.54) is 0 Å². The van der Waals surface area contributed by atoms with E-state index in [1.807, 2.05) is 25.1 Å². The van der Waals surface area contributed by atoms with Crippen molar-refractivity contribution in [3.8, 4) is 0 Å². The fourth-order valence-electron chi connectivity index (χ4n) is 2.37. The smallest absolute Gasteiger partial charge is 0.253 e. The third-order valence-electron chi connectivity index (χ3n) is 3.69. The number of rotatable bonds is 6. The van der Waals surface area contributed by atoms with Crippen LogP contribution in [-0.4, -0.2) is 11.9 Å². The van der Waals surface area contributed by atoms with Crippen LogP contribution in [0.3, 0.4) is 0 Å². The van der Waals surface area contributed by atoms with Crippen molar-refractivity contribution >= 4 is 11.6 Å². The molecule has 1 rings (SSSR count). The third-order valence-corrected chi connectivity index (χ3v) is 3.69. The van der Waals surface area contributed by atoms with Gasteiger partial charge in [0.2, 0.25) is 0 Å². The second-order valence-electron chi connectivity index (χ2n) is 5.03. The summed E-state index contributed by atoms with van der Waals surface area (Å²) in [5.41, 5.74) is 4.86. The molecule has 19 heavy (non-hydrogen) atoms. The maximum atomic E-state index is 12.3. The molecule has 4 nitrogen and oxygen atoms in total. The molecule has 0 fully saturated rings. The Balaban J connectivity index is 2.86. The molecule has 4 heteroatoms. The minimum atomic E-state index is -0.0731. The van der Waals surface area contributed by atoms with Crippen LogP contribution in [0.5, 0.6) is 0 Å². The molecule has 1 aromatic carbocycles. The minimum Gasteiger partial charge on any atom is -0.349 e. The SMILES string of the molecule is CCC(CC)C(C)NC(=O)c1cc(C)ccc1NN. The van der Waals surface area contributed by atoms with E-state index < -0.39 is 0 Å². The highest BCUT2D eigenvalue weighted by molar-refractivity contribution is 5.99. The summed E-state index contributed by atoms with van der Waals surface area (Å²) in [5.74, 6) is 5.88. The number of carbonyl (C=O) groups is 1. The lowest BCUT2D eigenvalue weighted by atomic mass is 9.95. The van der Waals surface area contributed by atoms with E-state index in [-0.39, 0.29) is 11.9 Å². The van der Waals surface area contributed by atoms with Crippen LogP contribution in [0.15, 0.2) is 18.2 Å². The summed E-state index contributed by atoms with van der Waals surface area (Å²) in [6.07, 6.45) is 2.13. The molecule has 0 aromatic heterocycles. The Bertz CT molecular complexity index is 427. The molecule has 0 spiro atoms. The lowest BCUT2D eigenvalue weighted by molar-refractivity contribution is 0.0926. The number of hydrazine groups is 1. The molecule has 106 valence electrons. The van der Waals surface area contributed by atoms with Gasteiger partial charge in [0.1, 0.15) is 0 Å². The average Bonchev–Trinajstić information content (AvgIpc) is 2.40. The van der Waals surface area contributed by atoms with E-state index >= 15 is 0 Å². The first kappa shape index (κ1) is 15.5. The van der Waals surface area contributed by atoms with E-state index in [2.05, 4.69) is 31.5 Å². The summed E-state index contributed by atoms with van der Waals surface area (Å²) in [6, 6.07) is 5.76. The predicted molar refractivity (Wildman–Crippen MR) is 80.0 cm³/mol. The topological polar surface area (TPSA) is 67.2 Å². The maximum absolute atomic E-state index is 12.3. The van der Waals surface area contributed by atoms with Crippen LogP contribution in [0.25, 0.3) is 0 Å². The van der Waals surface area contributed by atoms with Gasteiger partial charge >= 0.3 is 0 Å². The van der Waals surface area contributed by atoms with Crippen LogP contribution in [0.4, 0.5) is 5.69 Å². The van der Waals surface area contributed by atoms with Crippen LogP contribution in [0.1, 0.15) is 49.5 Å². The van der Waals surface area contributed by atoms with E-state index in [0.717, 1.165) is 18.4 Å². The standard InChI is InChI=1S/C15H25N3O/c1-5-12(6-2)11(4)17-15(19)13-9-10(3)7-8-14(13)18-16/h7-9,11-12,18H,5-6,16H2,1-4H3,(H,17,19). The van der Waals surface area contributed by atoms with Crippen molar-refractivity contribution in [2.45, 2.75) is 46.6 Å². The Kier molecular flexibility index (Phi) is 5.83. The van der Waals surface area contributed by atoms with E-state index in [9.17, 15) is 4.79 Å². The Morgan fingerprint density at radius 2 is 1.95 bits per heavy atom. The fraction of sp³-hybridized carbons (Fsp3) is 0.533. The van der Waals surface area contributed by atoms with Gasteiger partial charge in [-0.2, -0.15) is 0 Å². The van der Waals surface area contributed by atoms with Gasteiger partial charge in [-0.05, 0) is 31.9 Å². The monoisotopic (exact) mass is 263 g/mol. The van der Waals surface area contributed by atoms with Gasteiger partial charge in [0.05, 0.1) is 11.3 Å². The zero-order valence-corrected chi connectivity index (χ0v) is 12.3. The van der Waals surface area contributed by atoms with Gasteiger partial charge in [-0.3, -0.25) is 10.6 Å². The zero-order chi connectivity index (χ0) is 14.4. The lowest BCUT2D eigenvalue weighted by Crippen LogP contribution is -2.38. The Labute approximate surface area is 115 Å². The Morgan fingerprint density at radius 1 is 1.32 bits per heavy atom. The highest BCUT2D eigenvalue weighted by Crippen LogP contribution is 2.18. The summed E-state index contributed by atoms with van der Waals surface area (Å²) >= 11 is 0. The molecule has 0 saturated heterocycles. The van der Waals surface area contributed by atoms with Gasteiger partial charge in [-0.1, -0.05) is 38.3 Å². The third kappa shape index (κ3) is 3.96. The Morgan fingerprint density at radius 3 is 2.47 bits per heavy atom. The first-order valence-corrected chi connectivity index (χ1v) is 6.91. The number of nitrogens with two attached hydrogens (primary N) is 1. The Hall–Kier alpha value is -1.55. The van der Waals surface area contributed by atoms with Crippen LogP contribution in [-0.2, 0) is 0 Å². The molecule has 0 aliphatic heterocycles. The normalized spacial score (nSPS) is 12.3. The molecule has 1 aromatic rings. The predicted octanol–water partition coefficient (Wildman–Crippen LogP) is 2.84. The van der Waals surface area contributed by atoms with E-state index in [4.69, 9.17) is 5.84 Å². The zero-order valence-electron chi connectivity index (χ0n) is 12.3. The number of hydrogen-bond donors (Lipinski definition) is 3. The molecule has 0 bridgehead atoms. The van der Waals surface area contributed by atoms with Crippen LogP contribution in [0.2, 0.25) is 0 Å². The molecule has 0 saturated carbocycles. The van der Waals surface area contributed by atoms with Gasteiger partial charge in [-0.25, -0.2) is 0 Å². The molecule has 4 N–H and O–H groups in total. The average molecular weight is 263 g/mol. The molecule has 0 aliphatic rings. The van der Waals surface area contributed by atoms with Crippen molar-refractivity contribution in [1.82, 2.24) is 5.32 Å². The highest BCUT2D eigenvalue weighted by atomic mass is 16.1. The number of carbonyl (C=O) groups excluding carboxylic acids is 1. The number of benzene rings is 1. The van der Waals surface area contributed by atoms with Crippen molar-refractivity contribution in [3.63, 3.8) is 0 Å². The number of aryl methyl sites for hydroxylation is 1. The van der Waals surface area contributed by atoms with Crippen molar-refractivity contribution < 1.29 is 4.79 Å². The number of nitrogen functional groups attached to an aromatic ring is 1. The summed E-state index contributed by atoms with van der Waals surface area (Å²) in [6.45, 7) is 8.31. The molecular weight excluding hydrogens is 238 g/mol. The maximum Gasteiger partial charge on any atom is 0.253 e. The molecule has 1 amide bonds. The van der Waals surface area contributed by atoms with Crippen LogP contribution >= 0.6 is 0 Å². The summed E-state index contributed by atoms with van der Waals surface area (Å²) in [7, 11) is 0. The molecule has 0 heterocycles. The van der Waals surface area contributed by atoms with Gasteiger partial charge in [0.15, 0.2) is 0 Å². The van der Waals surface area contributed by atoms with Crippen molar-refractivity contribution in [2.24, 2.45) is 11.8 Å². The molecular formula is C15H25N3O. The van der Waals surface area contributed by atoms with Crippen molar-refractivity contribution in [2.75, 3.05) is 5.43 Å². The lowest BCUT2D eigenvalue weighted by Gasteiger charge is -2.23. The van der Waals surface area contributed by atoms with Gasteiger partial charge in [0, 0.05) is 6.04 Å². The molecule has 1 atom stereocenters. The van der Waals surface area contributed by atoms with Gasteiger partial charge in [-0.15, -0.1) is 0 Å².